The van der Waals surface area contributed by atoms with E-state index in [0.717, 1.165) is 31.5 Å². The van der Waals surface area contributed by atoms with Crippen LogP contribution in [-0.4, -0.2) is 54.7 Å². The van der Waals surface area contributed by atoms with E-state index in [0.29, 0.717) is 29.7 Å². The molecule has 7 nitrogen and oxygen atoms in total. The van der Waals surface area contributed by atoms with Crippen molar-refractivity contribution in [3.05, 3.63) is 35.9 Å². The normalized spacial score (nSPS) is 17.2. The van der Waals surface area contributed by atoms with E-state index in [1.807, 2.05) is 29.2 Å². The predicted molar refractivity (Wildman–Crippen MR) is 98.9 cm³/mol. The first-order valence-corrected chi connectivity index (χ1v) is 8.68. The molecule has 0 radical (unpaired) electrons. The van der Waals surface area contributed by atoms with Crippen LogP contribution in [-0.2, 0) is 4.74 Å². The molecule has 1 aliphatic heterocycles. The second-order valence-electron chi connectivity index (χ2n) is 6.45. The highest BCUT2D eigenvalue weighted by Gasteiger charge is 2.24. The highest BCUT2D eigenvalue weighted by atomic mass is 16.5. The quantitative estimate of drug-likeness (QED) is 0.883. The number of nitrogens with zero attached hydrogens (tertiary/aromatic N) is 3. The van der Waals surface area contributed by atoms with E-state index >= 15 is 0 Å². The molecule has 0 spiro atoms. The summed E-state index contributed by atoms with van der Waals surface area (Å²) in [5.74, 6) is 1.02. The molecule has 0 bridgehead atoms. The minimum atomic E-state index is 0.0529. The number of anilines is 1. The van der Waals surface area contributed by atoms with Crippen molar-refractivity contribution in [1.29, 1.82) is 0 Å². The Kier molecular flexibility index (Phi) is 5.68. The molecule has 1 aliphatic rings. The fourth-order valence-electron chi connectivity index (χ4n) is 3.28. The Morgan fingerprint density at radius 2 is 2.04 bits per heavy atom. The van der Waals surface area contributed by atoms with Crippen LogP contribution in [0.15, 0.2) is 30.3 Å². The van der Waals surface area contributed by atoms with Gasteiger partial charge in [-0.05, 0) is 30.9 Å². The van der Waals surface area contributed by atoms with Crippen LogP contribution in [0.1, 0.15) is 23.2 Å². The van der Waals surface area contributed by atoms with Crippen LogP contribution in [0.25, 0.3) is 11.3 Å². The lowest BCUT2D eigenvalue weighted by molar-refractivity contribution is 0.0571. The van der Waals surface area contributed by atoms with Gasteiger partial charge in [0.2, 0.25) is 11.8 Å². The number of carbonyl (C=O) groups excluding carboxylic acids is 1. The first kappa shape index (κ1) is 18.1. The molecule has 26 heavy (non-hydrogen) atoms. The Bertz CT molecular complexity index is 762. The molecule has 3 rings (SSSR count). The fourth-order valence-corrected chi connectivity index (χ4v) is 3.28. The Morgan fingerprint density at radius 3 is 2.73 bits per heavy atom. The molecule has 1 aromatic carbocycles. The zero-order chi connectivity index (χ0) is 18.5. The second kappa shape index (κ2) is 8.14. The average molecular weight is 356 g/mol. The lowest BCUT2D eigenvalue weighted by Crippen LogP contribution is -2.41. The zero-order valence-electron chi connectivity index (χ0n) is 15.1. The standard InChI is InChI=1S/C19H24N4O3/c1-25-12-13-4-3-9-23(11-13)18(24)15-7-5-14(6-8-15)16-10-17(26-2)22-19(20)21-16/h5-8,10,13H,3-4,9,11-12H2,1-2H3,(H2,20,21,22)/t13-/m1/s1. The van der Waals surface area contributed by atoms with E-state index in [9.17, 15) is 4.79 Å². The van der Waals surface area contributed by atoms with Gasteiger partial charge in [-0.3, -0.25) is 4.79 Å². The van der Waals surface area contributed by atoms with Crippen molar-refractivity contribution >= 4 is 11.9 Å². The highest BCUT2D eigenvalue weighted by Crippen LogP contribution is 2.23. The van der Waals surface area contributed by atoms with Gasteiger partial charge in [0.1, 0.15) is 0 Å². The van der Waals surface area contributed by atoms with Crippen LogP contribution in [0, 0.1) is 5.92 Å². The van der Waals surface area contributed by atoms with E-state index in [1.165, 1.54) is 7.11 Å². The summed E-state index contributed by atoms with van der Waals surface area (Å²) in [6.07, 6.45) is 2.12. The number of carbonyl (C=O) groups is 1. The van der Waals surface area contributed by atoms with E-state index < -0.39 is 0 Å². The van der Waals surface area contributed by atoms with Gasteiger partial charge in [0.25, 0.3) is 5.91 Å². The first-order chi connectivity index (χ1) is 12.6. The van der Waals surface area contributed by atoms with Crippen molar-refractivity contribution < 1.29 is 14.3 Å². The molecule has 1 amide bonds. The highest BCUT2D eigenvalue weighted by molar-refractivity contribution is 5.94. The van der Waals surface area contributed by atoms with E-state index in [2.05, 4.69) is 9.97 Å². The van der Waals surface area contributed by atoms with Gasteiger partial charge in [-0.15, -0.1) is 0 Å². The number of hydrogen-bond acceptors (Lipinski definition) is 6. The number of benzene rings is 1. The molecule has 2 heterocycles. The van der Waals surface area contributed by atoms with Crippen molar-refractivity contribution in [2.24, 2.45) is 5.92 Å². The number of piperidine rings is 1. The SMILES string of the molecule is COC[C@@H]1CCCN(C(=O)c2ccc(-c3cc(OC)nc(N)n3)cc2)C1. The molecular formula is C19H24N4O3. The minimum Gasteiger partial charge on any atom is -0.481 e. The molecule has 2 aromatic rings. The maximum absolute atomic E-state index is 12.8. The molecule has 0 saturated carbocycles. The number of methoxy groups -OCH3 is 2. The molecule has 1 saturated heterocycles. The van der Waals surface area contributed by atoms with E-state index in [-0.39, 0.29) is 11.9 Å². The van der Waals surface area contributed by atoms with Gasteiger partial charge >= 0.3 is 0 Å². The van der Waals surface area contributed by atoms with Crippen LogP contribution in [0.3, 0.4) is 0 Å². The average Bonchev–Trinajstić information content (AvgIpc) is 2.67. The number of nitrogen functional groups attached to an aromatic ring is 1. The van der Waals surface area contributed by atoms with Crippen molar-refractivity contribution in [3.63, 3.8) is 0 Å². The summed E-state index contributed by atoms with van der Waals surface area (Å²) in [6.45, 7) is 2.23. The first-order valence-electron chi connectivity index (χ1n) is 8.68. The summed E-state index contributed by atoms with van der Waals surface area (Å²) < 4.78 is 10.4. The Balaban J connectivity index is 1.75. The summed E-state index contributed by atoms with van der Waals surface area (Å²) in [7, 11) is 3.23. The van der Waals surface area contributed by atoms with E-state index in [1.54, 1.807) is 13.2 Å². The van der Waals surface area contributed by atoms with Crippen LogP contribution < -0.4 is 10.5 Å². The van der Waals surface area contributed by atoms with Gasteiger partial charge in [0.15, 0.2) is 0 Å². The van der Waals surface area contributed by atoms with Crippen LogP contribution in [0.2, 0.25) is 0 Å². The monoisotopic (exact) mass is 356 g/mol. The van der Waals surface area contributed by atoms with Crippen molar-refractivity contribution in [1.82, 2.24) is 14.9 Å². The van der Waals surface area contributed by atoms with Crippen molar-refractivity contribution in [2.75, 3.05) is 39.6 Å². The number of nitrogens with two attached hydrogens (primary N) is 1. The van der Waals surface area contributed by atoms with Gasteiger partial charge in [0.05, 0.1) is 19.4 Å². The van der Waals surface area contributed by atoms with Gasteiger partial charge < -0.3 is 20.1 Å². The number of hydrogen-bond donors (Lipinski definition) is 1. The number of ether oxygens (including phenoxy) is 2. The van der Waals surface area contributed by atoms with Gasteiger partial charge in [0, 0.05) is 37.4 Å². The van der Waals surface area contributed by atoms with Gasteiger partial charge in [-0.1, -0.05) is 12.1 Å². The van der Waals surface area contributed by atoms with Crippen molar-refractivity contribution in [2.45, 2.75) is 12.8 Å². The molecule has 2 N–H and O–H groups in total. The largest absolute Gasteiger partial charge is 0.481 e. The molecule has 138 valence electrons. The molecule has 1 aromatic heterocycles. The van der Waals surface area contributed by atoms with Crippen LogP contribution in [0.4, 0.5) is 5.95 Å². The fraction of sp³-hybridized carbons (Fsp3) is 0.421. The molecule has 7 heteroatoms. The second-order valence-corrected chi connectivity index (χ2v) is 6.45. The topological polar surface area (TPSA) is 90.6 Å². The molecule has 1 atom stereocenters. The number of rotatable bonds is 5. The van der Waals surface area contributed by atoms with Crippen LogP contribution in [0.5, 0.6) is 5.88 Å². The lowest BCUT2D eigenvalue weighted by atomic mass is 9.98. The smallest absolute Gasteiger partial charge is 0.253 e. The molecule has 0 unspecified atom stereocenters. The number of amides is 1. The van der Waals surface area contributed by atoms with Gasteiger partial charge in [-0.25, -0.2) is 4.98 Å². The maximum atomic E-state index is 12.8. The molecule has 1 fully saturated rings. The summed E-state index contributed by atoms with van der Waals surface area (Å²) >= 11 is 0. The van der Waals surface area contributed by atoms with Gasteiger partial charge in [-0.2, -0.15) is 4.98 Å². The minimum absolute atomic E-state index is 0.0529. The molecular weight excluding hydrogens is 332 g/mol. The summed E-state index contributed by atoms with van der Waals surface area (Å²) in [5.41, 5.74) is 7.89. The summed E-state index contributed by atoms with van der Waals surface area (Å²) in [6, 6.07) is 9.09. The number of likely N-dealkylation sites (tertiary alicyclic amines) is 1. The Morgan fingerprint density at radius 1 is 1.27 bits per heavy atom. The molecule has 0 aliphatic carbocycles. The maximum Gasteiger partial charge on any atom is 0.253 e. The third kappa shape index (κ3) is 4.11. The Hall–Kier alpha value is -2.67. The lowest BCUT2D eigenvalue weighted by Gasteiger charge is -2.32. The third-order valence-electron chi connectivity index (χ3n) is 4.57. The third-order valence-corrected chi connectivity index (χ3v) is 4.57. The predicted octanol–water partition coefficient (Wildman–Crippen LogP) is 2.23. The summed E-state index contributed by atoms with van der Waals surface area (Å²) in [5, 5.41) is 0. The zero-order valence-corrected chi connectivity index (χ0v) is 15.1. The number of aromatic nitrogens is 2. The van der Waals surface area contributed by atoms with Crippen molar-refractivity contribution in [3.8, 4) is 17.1 Å². The summed E-state index contributed by atoms with van der Waals surface area (Å²) in [4.78, 5) is 22.9. The Labute approximate surface area is 153 Å². The van der Waals surface area contributed by atoms with Crippen LogP contribution >= 0.6 is 0 Å². The van der Waals surface area contributed by atoms with E-state index in [4.69, 9.17) is 15.2 Å².